The lowest BCUT2D eigenvalue weighted by Crippen LogP contribution is -2.31. The highest BCUT2D eigenvalue weighted by molar-refractivity contribution is 6.07. The summed E-state index contributed by atoms with van der Waals surface area (Å²) < 4.78 is 31.5. The number of para-hydroxylation sites is 1. The van der Waals surface area contributed by atoms with Gasteiger partial charge in [-0.05, 0) is 31.2 Å². The lowest BCUT2D eigenvalue weighted by Gasteiger charge is -2.22. The van der Waals surface area contributed by atoms with Gasteiger partial charge in [-0.25, -0.2) is 8.78 Å². The van der Waals surface area contributed by atoms with Gasteiger partial charge in [0.1, 0.15) is 5.75 Å². The van der Waals surface area contributed by atoms with E-state index < -0.39 is 11.6 Å². The molecule has 0 aliphatic rings. The Balaban J connectivity index is 2.40. The minimum Gasteiger partial charge on any atom is -0.496 e. The monoisotopic (exact) mass is 291 g/mol. The Labute approximate surface area is 121 Å². The van der Waals surface area contributed by atoms with Gasteiger partial charge in [0, 0.05) is 18.3 Å². The molecule has 0 unspecified atom stereocenters. The number of amides is 1. The largest absolute Gasteiger partial charge is 0.496 e. The van der Waals surface area contributed by atoms with Gasteiger partial charge >= 0.3 is 0 Å². The lowest BCUT2D eigenvalue weighted by molar-refractivity contribution is 0.0985. The average Bonchev–Trinajstić information content (AvgIpc) is 2.51. The Morgan fingerprint density at radius 2 is 1.86 bits per heavy atom. The van der Waals surface area contributed by atoms with E-state index in [-0.39, 0.29) is 5.91 Å². The van der Waals surface area contributed by atoms with Gasteiger partial charge in [0.2, 0.25) is 0 Å². The van der Waals surface area contributed by atoms with Crippen molar-refractivity contribution in [1.29, 1.82) is 0 Å². The molecule has 3 nitrogen and oxygen atoms in total. The molecule has 0 aliphatic carbocycles. The Morgan fingerprint density at radius 3 is 2.48 bits per heavy atom. The first-order chi connectivity index (χ1) is 10.1. The molecule has 0 saturated carbocycles. The van der Waals surface area contributed by atoms with Crippen molar-refractivity contribution in [2.45, 2.75) is 6.92 Å². The Morgan fingerprint density at radius 1 is 1.14 bits per heavy atom. The van der Waals surface area contributed by atoms with Crippen LogP contribution >= 0.6 is 0 Å². The van der Waals surface area contributed by atoms with Gasteiger partial charge in [-0.1, -0.05) is 12.1 Å². The van der Waals surface area contributed by atoms with Gasteiger partial charge in [0.25, 0.3) is 5.91 Å². The number of benzene rings is 2. The normalized spacial score (nSPS) is 10.3. The number of nitrogens with zero attached hydrogens (tertiary/aromatic N) is 1. The minimum absolute atomic E-state index is 0.298. The number of anilines is 1. The number of hydrogen-bond donors (Lipinski definition) is 0. The fraction of sp³-hybridized carbons (Fsp3) is 0.188. The maximum atomic E-state index is 13.3. The molecule has 0 aliphatic heterocycles. The van der Waals surface area contributed by atoms with Crippen molar-refractivity contribution in [3.05, 3.63) is 59.7 Å². The zero-order chi connectivity index (χ0) is 15.4. The van der Waals surface area contributed by atoms with Gasteiger partial charge in [-0.2, -0.15) is 0 Å². The third kappa shape index (κ3) is 3.02. The molecular formula is C16H15F2NO2. The van der Waals surface area contributed by atoms with Crippen molar-refractivity contribution in [3.63, 3.8) is 0 Å². The van der Waals surface area contributed by atoms with Crippen LogP contribution in [0, 0.1) is 11.6 Å². The van der Waals surface area contributed by atoms with Crippen molar-refractivity contribution in [3.8, 4) is 5.75 Å². The Bertz CT molecular complexity index is 658. The van der Waals surface area contributed by atoms with E-state index in [1.165, 1.54) is 18.1 Å². The first kappa shape index (κ1) is 15.0. The molecule has 0 saturated heterocycles. The standard InChI is InChI=1S/C16H15F2NO2/c1-3-19(11-8-9-13(17)14(18)10-11)16(20)12-6-4-5-7-15(12)21-2/h4-10H,3H2,1-2H3. The molecular weight excluding hydrogens is 276 g/mol. The van der Waals surface area contributed by atoms with E-state index in [1.807, 2.05) is 0 Å². The summed E-state index contributed by atoms with van der Waals surface area (Å²) >= 11 is 0. The van der Waals surface area contributed by atoms with Crippen LogP contribution in [-0.4, -0.2) is 19.6 Å². The molecule has 2 rings (SSSR count). The number of ether oxygens (including phenoxy) is 1. The molecule has 2 aromatic carbocycles. The van der Waals surface area contributed by atoms with E-state index in [2.05, 4.69) is 0 Å². The van der Waals surface area contributed by atoms with E-state index in [1.54, 1.807) is 31.2 Å². The number of hydrogen-bond acceptors (Lipinski definition) is 2. The summed E-state index contributed by atoms with van der Waals surface area (Å²) in [5.74, 6) is -1.83. The number of carbonyl (C=O) groups is 1. The summed E-state index contributed by atoms with van der Waals surface area (Å²) in [6.45, 7) is 2.08. The zero-order valence-corrected chi connectivity index (χ0v) is 11.8. The fourth-order valence-corrected chi connectivity index (χ4v) is 2.06. The molecule has 0 spiro atoms. The Hall–Kier alpha value is -2.43. The fourth-order valence-electron chi connectivity index (χ4n) is 2.06. The quantitative estimate of drug-likeness (QED) is 0.860. The van der Waals surface area contributed by atoms with E-state index in [0.717, 1.165) is 12.1 Å². The maximum absolute atomic E-state index is 13.3. The van der Waals surface area contributed by atoms with Crippen LogP contribution in [0.3, 0.4) is 0 Å². The summed E-state index contributed by atoms with van der Waals surface area (Å²) in [5, 5.41) is 0. The van der Waals surface area contributed by atoms with Crippen molar-refractivity contribution in [2.24, 2.45) is 0 Å². The van der Waals surface area contributed by atoms with E-state index in [9.17, 15) is 13.6 Å². The molecule has 5 heteroatoms. The van der Waals surface area contributed by atoms with Crippen LogP contribution < -0.4 is 9.64 Å². The second kappa shape index (κ2) is 6.35. The Kier molecular flexibility index (Phi) is 4.52. The first-order valence-electron chi connectivity index (χ1n) is 6.48. The van der Waals surface area contributed by atoms with Gasteiger partial charge in [-0.3, -0.25) is 4.79 Å². The molecule has 21 heavy (non-hydrogen) atoms. The van der Waals surface area contributed by atoms with Crippen LogP contribution in [0.4, 0.5) is 14.5 Å². The highest BCUT2D eigenvalue weighted by Gasteiger charge is 2.20. The van der Waals surface area contributed by atoms with E-state index >= 15 is 0 Å². The van der Waals surface area contributed by atoms with Crippen molar-refractivity contribution >= 4 is 11.6 Å². The minimum atomic E-state index is -0.987. The smallest absolute Gasteiger partial charge is 0.262 e. The van der Waals surface area contributed by atoms with Gasteiger partial charge in [0.15, 0.2) is 11.6 Å². The van der Waals surface area contributed by atoms with E-state index in [4.69, 9.17) is 4.74 Å². The predicted octanol–water partition coefficient (Wildman–Crippen LogP) is 3.64. The summed E-state index contributed by atoms with van der Waals surface area (Å²) in [4.78, 5) is 13.9. The topological polar surface area (TPSA) is 29.5 Å². The molecule has 0 heterocycles. The van der Waals surface area contributed by atoms with Crippen molar-refractivity contribution in [2.75, 3.05) is 18.6 Å². The van der Waals surface area contributed by atoms with Crippen LogP contribution in [0.15, 0.2) is 42.5 Å². The first-order valence-corrected chi connectivity index (χ1v) is 6.48. The summed E-state index contributed by atoms with van der Waals surface area (Å²) in [7, 11) is 1.47. The molecule has 0 N–H and O–H groups in total. The van der Waals surface area contributed by atoms with Gasteiger partial charge in [-0.15, -0.1) is 0 Å². The average molecular weight is 291 g/mol. The molecule has 0 atom stereocenters. The molecule has 1 amide bonds. The predicted molar refractivity (Wildman–Crippen MR) is 76.7 cm³/mol. The third-order valence-electron chi connectivity index (χ3n) is 3.11. The highest BCUT2D eigenvalue weighted by Crippen LogP contribution is 2.24. The second-order valence-corrected chi connectivity index (χ2v) is 4.35. The molecule has 2 aromatic rings. The van der Waals surface area contributed by atoms with Gasteiger partial charge in [0.05, 0.1) is 12.7 Å². The maximum Gasteiger partial charge on any atom is 0.262 e. The highest BCUT2D eigenvalue weighted by atomic mass is 19.2. The van der Waals surface area contributed by atoms with Crippen LogP contribution in [0.25, 0.3) is 0 Å². The molecule has 110 valence electrons. The van der Waals surface area contributed by atoms with Crippen molar-refractivity contribution < 1.29 is 18.3 Å². The van der Waals surface area contributed by atoms with Crippen LogP contribution in [0.1, 0.15) is 17.3 Å². The third-order valence-corrected chi connectivity index (χ3v) is 3.11. The summed E-state index contributed by atoms with van der Waals surface area (Å²) in [6, 6.07) is 10.2. The number of carbonyl (C=O) groups excluding carboxylic acids is 1. The zero-order valence-electron chi connectivity index (χ0n) is 11.8. The van der Waals surface area contributed by atoms with Gasteiger partial charge < -0.3 is 9.64 Å². The summed E-state index contributed by atoms with van der Waals surface area (Å²) in [5.41, 5.74) is 0.666. The van der Waals surface area contributed by atoms with Crippen molar-refractivity contribution in [1.82, 2.24) is 0 Å². The molecule has 0 fully saturated rings. The van der Waals surface area contributed by atoms with Crippen LogP contribution in [0.2, 0.25) is 0 Å². The van der Waals surface area contributed by atoms with Crippen LogP contribution in [-0.2, 0) is 0 Å². The number of rotatable bonds is 4. The SMILES string of the molecule is CCN(C(=O)c1ccccc1OC)c1ccc(F)c(F)c1. The second-order valence-electron chi connectivity index (χ2n) is 4.35. The molecule has 0 aromatic heterocycles. The van der Waals surface area contributed by atoms with Crippen LogP contribution in [0.5, 0.6) is 5.75 Å². The molecule has 0 bridgehead atoms. The summed E-state index contributed by atoms with van der Waals surface area (Å²) in [6.07, 6.45) is 0. The molecule has 0 radical (unpaired) electrons. The lowest BCUT2D eigenvalue weighted by atomic mass is 10.1. The number of methoxy groups -OCH3 is 1. The number of halogens is 2. The van der Waals surface area contributed by atoms with E-state index in [0.29, 0.717) is 23.5 Å².